The molecule has 21 heavy (non-hydrogen) atoms. The van der Waals surface area contributed by atoms with Gasteiger partial charge in [-0.3, -0.25) is 4.79 Å². The molecule has 3 rings (SSSR count). The van der Waals surface area contributed by atoms with Gasteiger partial charge in [0.05, 0.1) is 5.69 Å². The zero-order valence-electron chi connectivity index (χ0n) is 12.1. The Balaban J connectivity index is 1.96. The third kappa shape index (κ3) is 2.37. The van der Waals surface area contributed by atoms with Crippen molar-refractivity contribution in [3.8, 4) is 0 Å². The maximum absolute atomic E-state index is 13.4. The number of carbonyl (C=O) groups is 1. The Morgan fingerprint density at radius 1 is 1.24 bits per heavy atom. The molecule has 0 saturated heterocycles. The summed E-state index contributed by atoms with van der Waals surface area (Å²) in [5, 5.41) is 3.05. The van der Waals surface area contributed by atoms with Gasteiger partial charge in [0.15, 0.2) is 0 Å². The monoisotopic (exact) mass is 284 g/mol. The summed E-state index contributed by atoms with van der Waals surface area (Å²) in [7, 11) is 1.84. The number of benzene rings is 2. The molecule has 0 aromatic heterocycles. The number of hydrogen-bond donors (Lipinski definition) is 1. The Labute approximate surface area is 123 Å². The zero-order valence-corrected chi connectivity index (χ0v) is 12.1. The van der Waals surface area contributed by atoms with Gasteiger partial charge in [-0.05, 0) is 54.8 Å². The van der Waals surface area contributed by atoms with Gasteiger partial charge in [0.1, 0.15) is 5.82 Å². The second-order valence-corrected chi connectivity index (χ2v) is 5.26. The van der Waals surface area contributed by atoms with Gasteiger partial charge in [0.25, 0.3) is 5.91 Å². The van der Waals surface area contributed by atoms with Gasteiger partial charge in [-0.1, -0.05) is 6.07 Å². The van der Waals surface area contributed by atoms with Crippen LogP contribution in [-0.2, 0) is 6.42 Å². The van der Waals surface area contributed by atoms with Crippen molar-refractivity contribution in [2.24, 2.45) is 0 Å². The number of hydrogen-bond acceptors (Lipinski definition) is 2. The Morgan fingerprint density at radius 3 is 2.76 bits per heavy atom. The van der Waals surface area contributed by atoms with Crippen LogP contribution in [0.1, 0.15) is 21.5 Å². The quantitative estimate of drug-likeness (QED) is 0.917. The number of fused-ring (bicyclic) bond motifs is 1. The van der Waals surface area contributed by atoms with E-state index in [0.29, 0.717) is 17.8 Å². The molecule has 4 heteroatoms. The molecule has 1 amide bonds. The van der Waals surface area contributed by atoms with E-state index in [0.717, 1.165) is 23.2 Å². The molecular formula is C17H17FN2O. The summed E-state index contributed by atoms with van der Waals surface area (Å²) in [6.07, 6.45) is 0.773. The summed E-state index contributed by atoms with van der Waals surface area (Å²) in [6, 6.07) is 10.3. The maximum Gasteiger partial charge on any atom is 0.258 e. The topological polar surface area (TPSA) is 32.3 Å². The molecule has 2 aromatic rings. The lowest BCUT2D eigenvalue weighted by atomic mass is 10.1. The maximum atomic E-state index is 13.4. The molecule has 1 aliphatic rings. The second-order valence-electron chi connectivity index (χ2n) is 5.26. The predicted molar refractivity (Wildman–Crippen MR) is 82.5 cm³/mol. The molecule has 0 unspecified atom stereocenters. The number of nitrogens with zero attached hydrogens (tertiary/aromatic N) is 1. The Kier molecular flexibility index (Phi) is 3.37. The van der Waals surface area contributed by atoms with E-state index in [1.165, 1.54) is 12.1 Å². The van der Waals surface area contributed by atoms with E-state index < -0.39 is 0 Å². The lowest BCUT2D eigenvalue weighted by Gasteiger charge is -2.19. The first-order chi connectivity index (χ1) is 10.1. The van der Waals surface area contributed by atoms with Crippen molar-refractivity contribution in [2.45, 2.75) is 13.3 Å². The SMILES string of the molecule is CNc1ccc(C(=O)N2CCc3ccc(F)cc32)c(C)c1. The fourth-order valence-corrected chi connectivity index (χ4v) is 2.77. The molecule has 108 valence electrons. The van der Waals surface area contributed by atoms with Crippen molar-refractivity contribution >= 4 is 17.3 Å². The predicted octanol–water partition coefficient (Wildman–Crippen LogP) is 3.38. The van der Waals surface area contributed by atoms with Gasteiger partial charge in [0, 0.05) is 24.8 Å². The van der Waals surface area contributed by atoms with Crippen LogP contribution in [0.15, 0.2) is 36.4 Å². The molecule has 2 aromatic carbocycles. The molecule has 1 heterocycles. The van der Waals surface area contributed by atoms with Gasteiger partial charge in [-0.2, -0.15) is 0 Å². The van der Waals surface area contributed by atoms with Crippen molar-refractivity contribution in [2.75, 3.05) is 23.8 Å². The van der Waals surface area contributed by atoms with E-state index in [-0.39, 0.29) is 11.7 Å². The van der Waals surface area contributed by atoms with Crippen LogP contribution in [0.25, 0.3) is 0 Å². The zero-order chi connectivity index (χ0) is 15.0. The van der Waals surface area contributed by atoms with Crippen LogP contribution in [0.5, 0.6) is 0 Å². The van der Waals surface area contributed by atoms with Crippen LogP contribution in [0.2, 0.25) is 0 Å². The Morgan fingerprint density at radius 2 is 2.05 bits per heavy atom. The van der Waals surface area contributed by atoms with E-state index in [1.807, 2.05) is 32.2 Å². The third-order valence-electron chi connectivity index (χ3n) is 3.93. The lowest BCUT2D eigenvalue weighted by molar-refractivity contribution is 0.0989. The summed E-state index contributed by atoms with van der Waals surface area (Å²) in [4.78, 5) is 14.4. The molecule has 1 N–H and O–H groups in total. The summed E-state index contributed by atoms with van der Waals surface area (Å²) >= 11 is 0. The first-order valence-corrected chi connectivity index (χ1v) is 6.99. The number of aryl methyl sites for hydroxylation is 1. The van der Waals surface area contributed by atoms with E-state index in [1.54, 1.807) is 11.0 Å². The Hall–Kier alpha value is -2.36. The van der Waals surface area contributed by atoms with Gasteiger partial charge in [0.2, 0.25) is 0 Å². The molecule has 0 spiro atoms. The Bertz CT molecular complexity index is 712. The number of anilines is 2. The molecule has 0 saturated carbocycles. The fourth-order valence-electron chi connectivity index (χ4n) is 2.77. The molecule has 0 bridgehead atoms. The highest BCUT2D eigenvalue weighted by atomic mass is 19.1. The van der Waals surface area contributed by atoms with Crippen LogP contribution in [0.3, 0.4) is 0 Å². The fraction of sp³-hybridized carbons (Fsp3) is 0.235. The van der Waals surface area contributed by atoms with Crippen molar-refractivity contribution in [3.05, 3.63) is 58.9 Å². The summed E-state index contributed by atoms with van der Waals surface area (Å²) in [5.74, 6) is -0.379. The van der Waals surface area contributed by atoms with Crippen molar-refractivity contribution in [1.29, 1.82) is 0 Å². The van der Waals surface area contributed by atoms with Crippen LogP contribution in [0.4, 0.5) is 15.8 Å². The van der Waals surface area contributed by atoms with Crippen molar-refractivity contribution < 1.29 is 9.18 Å². The summed E-state index contributed by atoms with van der Waals surface area (Å²) in [5.41, 5.74) is 4.26. The van der Waals surface area contributed by atoms with E-state index in [2.05, 4.69) is 5.32 Å². The molecule has 0 aliphatic carbocycles. The normalized spacial score (nSPS) is 13.2. The van der Waals surface area contributed by atoms with E-state index in [4.69, 9.17) is 0 Å². The minimum atomic E-state index is -0.310. The highest BCUT2D eigenvalue weighted by Crippen LogP contribution is 2.30. The molecular weight excluding hydrogens is 267 g/mol. The first-order valence-electron chi connectivity index (χ1n) is 6.99. The second kappa shape index (κ2) is 5.20. The van der Waals surface area contributed by atoms with Crippen molar-refractivity contribution in [1.82, 2.24) is 0 Å². The van der Waals surface area contributed by atoms with Gasteiger partial charge >= 0.3 is 0 Å². The molecule has 0 radical (unpaired) electrons. The molecule has 1 aliphatic heterocycles. The van der Waals surface area contributed by atoms with E-state index in [9.17, 15) is 9.18 Å². The standard InChI is InChI=1S/C17H17FN2O/c1-11-9-14(19-2)5-6-15(11)17(21)20-8-7-12-3-4-13(18)10-16(12)20/h3-6,9-10,19H,7-8H2,1-2H3. The van der Waals surface area contributed by atoms with Gasteiger partial charge in [-0.25, -0.2) is 4.39 Å². The molecule has 3 nitrogen and oxygen atoms in total. The molecule has 0 fully saturated rings. The highest BCUT2D eigenvalue weighted by Gasteiger charge is 2.26. The summed E-state index contributed by atoms with van der Waals surface area (Å²) < 4.78 is 13.4. The largest absolute Gasteiger partial charge is 0.388 e. The first kappa shape index (κ1) is 13.6. The number of rotatable bonds is 2. The average Bonchev–Trinajstić information content (AvgIpc) is 2.89. The van der Waals surface area contributed by atoms with Crippen LogP contribution >= 0.6 is 0 Å². The molecule has 0 atom stereocenters. The van der Waals surface area contributed by atoms with Gasteiger partial charge < -0.3 is 10.2 Å². The number of carbonyl (C=O) groups excluding carboxylic acids is 1. The minimum Gasteiger partial charge on any atom is -0.388 e. The number of nitrogens with one attached hydrogen (secondary N) is 1. The number of halogens is 1. The smallest absolute Gasteiger partial charge is 0.258 e. The van der Waals surface area contributed by atoms with Crippen LogP contribution in [0, 0.1) is 12.7 Å². The summed E-state index contributed by atoms with van der Waals surface area (Å²) in [6.45, 7) is 2.52. The van der Waals surface area contributed by atoms with Gasteiger partial charge in [-0.15, -0.1) is 0 Å². The highest BCUT2D eigenvalue weighted by molar-refractivity contribution is 6.08. The third-order valence-corrected chi connectivity index (χ3v) is 3.93. The van der Waals surface area contributed by atoms with Crippen LogP contribution in [-0.4, -0.2) is 19.5 Å². The van der Waals surface area contributed by atoms with Crippen LogP contribution < -0.4 is 10.2 Å². The lowest BCUT2D eigenvalue weighted by Crippen LogP contribution is -2.29. The average molecular weight is 284 g/mol. The van der Waals surface area contributed by atoms with E-state index >= 15 is 0 Å². The minimum absolute atomic E-state index is 0.0699. The number of amides is 1. The van der Waals surface area contributed by atoms with Crippen molar-refractivity contribution in [3.63, 3.8) is 0 Å².